The third-order valence-corrected chi connectivity index (χ3v) is 3.89. The van der Waals surface area contributed by atoms with Crippen LogP contribution in [-0.4, -0.2) is 18.0 Å². The van der Waals surface area contributed by atoms with Crippen molar-refractivity contribution in [1.82, 2.24) is 5.32 Å². The lowest BCUT2D eigenvalue weighted by atomic mass is 10.2. The van der Waals surface area contributed by atoms with Crippen LogP contribution >= 0.6 is 15.9 Å². The Morgan fingerprint density at radius 1 is 0.957 bits per heavy atom. The fourth-order valence-electron chi connectivity index (χ4n) is 2.06. The van der Waals surface area contributed by atoms with Crippen molar-refractivity contribution in [3.63, 3.8) is 0 Å². The van der Waals surface area contributed by atoms with E-state index in [4.69, 9.17) is 0 Å². The Morgan fingerprint density at radius 3 is 2.30 bits per heavy atom. The lowest BCUT2D eigenvalue weighted by molar-refractivity contribution is 0.0951. The van der Waals surface area contributed by atoms with E-state index >= 15 is 0 Å². The van der Waals surface area contributed by atoms with E-state index in [0.717, 1.165) is 17.3 Å². The van der Waals surface area contributed by atoms with Crippen LogP contribution in [-0.2, 0) is 0 Å². The highest BCUT2D eigenvalue weighted by atomic mass is 79.9. The molecule has 3 rings (SSSR count). The summed E-state index contributed by atoms with van der Waals surface area (Å²) >= 11 is 3.35. The van der Waals surface area contributed by atoms with E-state index < -0.39 is 0 Å². The summed E-state index contributed by atoms with van der Waals surface area (Å²) in [6.45, 7) is 0. The Balaban J connectivity index is 1.56. The normalized spacial score (nSPS) is 13.3. The molecule has 1 aliphatic rings. The molecular formula is C17H16BrN3O2. The monoisotopic (exact) mass is 373 g/mol. The number of nitrogens with one attached hydrogen (secondary N) is 3. The van der Waals surface area contributed by atoms with Gasteiger partial charge in [-0.3, -0.25) is 4.79 Å². The zero-order valence-corrected chi connectivity index (χ0v) is 13.9. The number of halogens is 1. The predicted molar refractivity (Wildman–Crippen MR) is 93.7 cm³/mol. The van der Waals surface area contributed by atoms with Crippen molar-refractivity contribution in [3.05, 3.63) is 58.6 Å². The third-order valence-electron chi connectivity index (χ3n) is 3.40. The third kappa shape index (κ3) is 4.56. The highest BCUT2D eigenvalue weighted by Gasteiger charge is 2.23. The number of anilines is 2. The molecule has 1 saturated carbocycles. The van der Waals surface area contributed by atoms with Crippen LogP contribution in [0.4, 0.5) is 16.2 Å². The molecule has 0 unspecified atom stereocenters. The average molecular weight is 374 g/mol. The van der Waals surface area contributed by atoms with Gasteiger partial charge in [-0.15, -0.1) is 0 Å². The summed E-state index contributed by atoms with van der Waals surface area (Å²) in [6, 6.07) is 14.2. The number of amides is 3. The number of urea groups is 1. The summed E-state index contributed by atoms with van der Waals surface area (Å²) in [5, 5.41) is 8.40. The van der Waals surface area contributed by atoms with Crippen LogP contribution < -0.4 is 16.0 Å². The van der Waals surface area contributed by atoms with E-state index in [-0.39, 0.29) is 11.9 Å². The quantitative estimate of drug-likeness (QED) is 0.758. The summed E-state index contributed by atoms with van der Waals surface area (Å²) in [5.41, 5.74) is 1.91. The number of hydrogen-bond acceptors (Lipinski definition) is 2. The van der Waals surface area contributed by atoms with Crippen molar-refractivity contribution >= 4 is 39.2 Å². The van der Waals surface area contributed by atoms with Gasteiger partial charge < -0.3 is 16.0 Å². The minimum atomic E-state index is -0.335. The van der Waals surface area contributed by atoms with E-state index in [2.05, 4.69) is 31.9 Å². The summed E-state index contributed by atoms with van der Waals surface area (Å²) in [5.74, 6) is -0.0716. The molecule has 6 heteroatoms. The van der Waals surface area contributed by atoms with Gasteiger partial charge in [0.1, 0.15) is 0 Å². The smallest absolute Gasteiger partial charge is 0.323 e. The summed E-state index contributed by atoms with van der Waals surface area (Å²) in [7, 11) is 0. The standard InChI is InChI=1S/C17H16BrN3O2/c18-12-2-1-3-15(10-12)21-17(23)20-14-6-4-11(5-7-14)16(22)19-13-8-9-13/h1-7,10,13H,8-9H2,(H,19,22)(H2,20,21,23). The average Bonchev–Trinajstić information content (AvgIpc) is 3.31. The van der Waals surface area contributed by atoms with Crippen LogP contribution in [0.2, 0.25) is 0 Å². The first-order valence-corrected chi connectivity index (χ1v) is 8.14. The fraction of sp³-hybridized carbons (Fsp3) is 0.176. The van der Waals surface area contributed by atoms with Crippen molar-refractivity contribution in [2.24, 2.45) is 0 Å². The van der Waals surface area contributed by atoms with E-state index in [1.165, 1.54) is 0 Å². The zero-order chi connectivity index (χ0) is 16.2. The number of hydrogen-bond donors (Lipinski definition) is 3. The second kappa shape index (κ2) is 6.83. The number of rotatable bonds is 4. The van der Waals surface area contributed by atoms with Crippen molar-refractivity contribution in [3.8, 4) is 0 Å². The van der Waals surface area contributed by atoms with Crippen molar-refractivity contribution < 1.29 is 9.59 Å². The van der Waals surface area contributed by atoms with Crippen LogP contribution in [0.5, 0.6) is 0 Å². The lowest BCUT2D eigenvalue weighted by Gasteiger charge is -2.09. The molecule has 0 radical (unpaired) electrons. The Hall–Kier alpha value is -2.34. The van der Waals surface area contributed by atoms with Gasteiger partial charge in [-0.1, -0.05) is 22.0 Å². The molecule has 0 atom stereocenters. The van der Waals surface area contributed by atoms with E-state index in [1.54, 1.807) is 30.3 Å². The maximum atomic E-state index is 11.9. The molecule has 23 heavy (non-hydrogen) atoms. The topological polar surface area (TPSA) is 70.2 Å². The molecule has 0 spiro atoms. The van der Waals surface area contributed by atoms with Crippen LogP contribution in [0, 0.1) is 0 Å². The molecule has 1 aliphatic carbocycles. The van der Waals surface area contributed by atoms with Crippen LogP contribution in [0.1, 0.15) is 23.2 Å². The van der Waals surface area contributed by atoms with Crippen LogP contribution in [0.15, 0.2) is 53.0 Å². The van der Waals surface area contributed by atoms with Gasteiger partial charge in [0.05, 0.1) is 0 Å². The number of carbonyl (C=O) groups excluding carboxylic acids is 2. The Bertz CT molecular complexity index is 727. The second-order valence-electron chi connectivity index (χ2n) is 5.41. The molecule has 0 aromatic heterocycles. The molecule has 118 valence electrons. The largest absolute Gasteiger partial charge is 0.349 e. The van der Waals surface area contributed by atoms with Gasteiger partial charge in [-0.05, 0) is 55.3 Å². The highest BCUT2D eigenvalue weighted by molar-refractivity contribution is 9.10. The first-order valence-electron chi connectivity index (χ1n) is 7.35. The molecule has 2 aromatic carbocycles. The molecule has 0 saturated heterocycles. The summed E-state index contributed by atoms with van der Waals surface area (Å²) < 4.78 is 0.890. The minimum Gasteiger partial charge on any atom is -0.349 e. The van der Waals surface area contributed by atoms with E-state index in [0.29, 0.717) is 23.0 Å². The SMILES string of the molecule is O=C(Nc1ccc(C(=O)NC2CC2)cc1)Nc1cccc(Br)c1. The number of carbonyl (C=O) groups is 2. The van der Waals surface area contributed by atoms with Gasteiger partial charge in [0.25, 0.3) is 5.91 Å². The van der Waals surface area contributed by atoms with E-state index in [9.17, 15) is 9.59 Å². The number of benzene rings is 2. The molecule has 0 aliphatic heterocycles. The lowest BCUT2D eigenvalue weighted by Crippen LogP contribution is -2.25. The molecule has 1 fully saturated rings. The van der Waals surface area contributed by atoms with Crippen LogP contribution in [0.25, 0.3) is 0 Å². The molecule has 0 heterocycles. The first kappa shape index (κ1) is 15.6. The van der Waals surface area contributed by atoms with Gasteiger partial charge in [-0.2, -0.15) is 0 Å². The van der Waals surface area contributed by atoms with Gasteiger partial charge in [0, 0.05) is 27.5 Å². The molecule has 2 aromatic rings. The minimum absolute atomic E-state index is 0.0716. The molecule has 3 amide bonds. The molecule has 0 bridgehead atoms. The zero-order valence-electron chi connectivity index (χ0n) is 12.3. The predicted octanol–water partition coefficient (Wildman–Crippen LogP) is 3.99. The Morgan fingerprint density at radius 2 is 1.65 bits per heavy atom. The molecule has 3 N–H and O–H groups in total. The maximum absolute atomic E-state index is 11.9. The molecular weight excluding hydrogens is 358 g/mol. The Labute approximate surface area is 142 Å². The van der Waals surface area contributed by atoms with Crippen molar-refractivity contribution in [2.45, 2.75) is 18.9 Å². The van der Waals surface area contributed by atoms with Gasteiger partial charge in [0.2, 0.25) is 0 Å². The second-order valence-corrected chi connectivity index (χ2v) is 6.33. The van der Waals surface area contributed by atoms with Crippen molar-refractivity contribution in [2.75, 3.05) is 10.6 Å². The first-order chi connectivity index (χ1) is 11.1. The summed E-state index contributed by atoms with van der Waals surface area (Å²) in [4.78, 5) is 23.8. The van der Waals surface area contributed by atoms with Crippen molar-refractivity contribution in [1.29, 1.82) is 0 Å². The molecule has 5 nitrogen and oxygen atoms in total. The summed E-state index contributed by atoms with van der Waals surface area (Å²) in [6.07, 6.45) is 2.11. The highest BCUT2D eigenvalue weighted by Crippen LogP contribution is 2.20. The maximum Gasteiger partial charge on any atom is 0.323 e. The van der Waals surface area contributed by atoms with Gasteiger partial charge in [-0.25, -0.2) is 4.79 Å². The van der Waals surface area contributed by atoms with Crippen LogP contribution in [0.3, 0.4) is 0 Å². The van der Waals surface area contributed by atoms with Gasteiger partial charge in [0.15, 0.2) is 0 Å². The fourth-order valence-corrected chi connectivity index (χ4v) is 2.46. The Kier molecular flexibility index (Phi) is 4.62. The van der Waals surface area contributed by atoms with Gasteiger partial charge >= 0.3 is 6.03 Å². The van der Waals surface area contributed by atoms with E-state index in [1.807, 2.05) is 18.2 Å².